The number of ether oxygens (including phenoxy) is 1. The maximum Gasteiger partial charge on any atom is 0.257 e. The van der Waals surface area contributed by atoms with Gasteiger partial charge in [0.2, 0.25) is 0 Å². The molecule has 0 saturated heterocycles. The Morgan fingerprint density at radius 2 is 2.32 bits per heavy atom. The number of aliphatic hydroxyl groups is 1. The number of hydrogen-bond donors (Lipinski definition) is 2. The second-order valence-corrected chi connectivity index (χ2v) is 5.35. The third kappa shape index (κ3) is 6.27. The molecule has 0 bridgehead atoms. The average Bonchev–Trinajstić information content (AvgIpc) is 2.37. The summed E-state index contributed by atoms with van der Waals surface area (Å²) in [6.45, 7) is 2.27. The molecule has 1 unspecified atom stereocenters. The smallest absolute Gasteiger partial charge is 0.257 e. The molecule has 1 aromatic carbocycles. The van der Waals surface area contributed by atoms with Crippen molar-refractivity contribution in [1.82, 2.24) is 5.32 Å². The van der Waals surface area contributed by atoms with E-state index in [1.165, 1.54) is 0 Å². The van der Waals surface area contributed by atoms with Crippen molar-refractivity contribution in [2.75, 3.05) is 13.2 Å². The molecule has 19 heavy (non-hydrogen) atoms. The molecule has 0 aliphatic rings. The number of amides is 1. The Morgan fingerprint density at radius 3 is 2.95 bits per heavy atom. The van der Waals surface area contributed by atoms with Gasteiger partial charge < -0.3 is 15.2 Å². The van der Waals surface area contributed by atoms with E-state index in [1.54, 1.807) is 18.2 Å². The van der Waals surface area contributed by atoms with E-state index in [9.17, 15) is 9.90 Å². The maximum atomic E-state index is 11.5. The summed E-state index contributed by atoms with van der Waals surface area (Å²) in [5.74, 6) is 0.346. The van der Waals surface area contributed by atoms with E-state index in [4.69, 9.17) is 16.3 Å². The monoisotopic (exact) mass is 349 g/mol. The lowest BCUT2D eigenvalue weighted by Gasteiger charge is -2.10. The Labute approximate surface area is 126 Å². The highest BCUT2D eigenvalue weighted by molar-refractivity contribution is 9.10. The van der Waals surface area contributed by atoms with Crippen molar-refractivity contribution in [2.45, 2.75) is 25.9 Å². The Hall–Kier alpha value is -0.780. The van der Waals surface area contributed by atoms with Crippen LogP contribution in [0, 0.1) is 0 Å². The first-order valence-electron chi connectivity index (χ1n) is 6.05. The summed E-state index contributed by atoms with van der Waals surface area (Å²) >= 11 is 9.11. The Kier molecular flexibility index (Phi) is 7.20. The molecule has 2 N–H and O–H groups in total. The summed E-state index contributed by atoms with van der Waals surface area (Å²) in [5, 5.41) is 12.6. The van der Waals surface area contributed by atoms with Crippen LogP contribution in [0.25, 0.3) is 0 Å². The van der Waals surface area contributed by atoms with Crippen LogP contribution in [0.3, 0.4) is 0 Å². The van der Waals surface area contributed by atoms with Crippen LogP contribution in [0.4, 0.5) is 0 Å². The normalized spacial score (nSPS) is 12.0. The maximum absolute atomic E-state index is 11.5. The van der Waals surface area contributed by atoms with Crippen LogP contribution in [0.5, 0.6) is 5.75 Å². The highest BCUT2D eigenvalue weighted by Gasteiger charge is 2.07. The van der Waals surface area contributed by atoms with Crippen molar-refractivity contribution in [2.24, 2.45) is 0 Å². The largest absolute Gasteiger partial charge is 0.483 e. The highest BCUT2D eigenvalue weighted by Crippen LogP contribution is 2.27. The number of rotatable bonds is 7. The Bertz CT molecular complexity index is 428. The van der Waals surface area contributed by atoms with E-state index < -0.39 is 0 Å². The van der Waals surface area contributed by atoms with Crippen molar-refractivity contribution in [3.05, 3.63) is 27.7 Å². The fourth-order valence-corrected chi connectivity index (χ4v) is 2.17. The third-order valence-electron chi connectivity index (χ3n) is 2.52. The van der Waals surface area contributed by atoms with Crippen LogP contribution in [0.2, 0.25) is 5.02 Å². The zero-order valence-corrected chi connectivity index (χ0v) is 13.0. The molecule has 0 aliphatic carbocycles. The van der Waals surface area contributed by atoms with Gasteiger partial charge in [-0.25, -0.2) is 0 Å². The standard InChI is InChI=1S/C13H17BrClNO3/c1-2-10(17)5-6-16-13(18)8-19-12-4-3-9(15)7-11(12)14/h3-4,7,10,17H,2,5-6,8H2,1H3,(H,16,18). The molecule has 1 amide bonds. The number of carbonyl (C=O) groups excluding carboxylic acids is 1. The van der Waals surface area contributed by atoms with E-state index in [1.807, 2.05) is 6.92 Å². The molecular weight excluding hydrogens is 334 g/mol. The van der Waals surface area contributed by atoms with Gasteiger partial charge in [-0.05, 0) is 47.0 Å². The summed E-state index contributed by atoms with van der Waals surface area (Å²) in [6.07, 6.45) is 0.864. The molecule has 6 heteroatoms. The van der Waals surface area contributed by atoms with Gasteiger partial charge in [0.15, 0.2) is 6.61 Å². The lowest BCUT2D eigenvalue weighted by atomic mass is 10.2. The summed E-state index contributed by atoms with van der Waals surface area (Å²) in [6, 6.07) is 5.09. The number of nitrogens with one attached hydrogen (secondary N) is 1. The third-order valence-corrected chi connectivity index (χ3v) is 3.38. The topological polar surface area (TPSA) is 58.6 Å². The van der Waals surface area contributed by atoms with Gasteiger partial charge in [-0.3, -0.25) is 4.79 Å². The minimum Gasteiger partial charge on any atom is -0.483 e. The van der Waals surface area contributed by atoms with Crippen LogP contribution in [-0.2, 0) is 4.79 Å². The van der Waals surface area contributed by atoms with Gasteiger partial charge in [-0.1, -0.05) is 18.5 Å². The summed E-state index contributed by atoms with van der Waals surface area (Å²) in [4.78, 5) is 11.5. The lowest BCUT2D eigenvalue weighted by Crippen LogP contribution is -2.31. The van der Waals surface area contributed by atoms with Crippen molar-refractivity contribution in [3.8, 4) is 5.75 Å². The number of aliphatic hydroxyl groups excluding tert-OH is 1. The van der Waals surface area contributed by atoms with Gasteiger partial charge in [0.1, 0.15) is 5.75 Å². The molecule has 0 heterocycles. The van der Waals surface area contributed by atoms with E-state index in [0.29, 0.717) is 34.6 Å². The number of carbonyl (C=O) groups is 1. The first-order chi connectivity index (χ1) is 9.02. The van der Waals surface area contributed by atoms with Gasteiger partial charge >= 0.3 is 0 Å². The first kappa shape index (κ1) is 16.3. The van der Waals surface area contributed by atoms with Crippen LogP contribution in [0.15, 0.2) is 22.7 Å². The molecule has 0 aromatic heterocycles. The van der Waals surface area contributed by atoms with Crippen molar-refractivity contribution in [1.29, 1.82) is 0 Å². The zero-order chi connectivity index (χ0) is 14.3. The SMILES string of the molecule is CCC(O)CCNC(=O)COc1ccc(Cl)cc1Br. The molecule has 4 nitrogen and oxygen atoms in total. The van der Waals surface area contributed by atoms with Crippen LogP contribution < -0.4 is 10.1 Å². The van der Waals surface area contributed by atoms with Crippen LogP contribution in [-0.4, -0.2) is 30.3 Å². The quantitative estimate of drug-likeness (QED) is 0.795. The van der Waals surface area contributed by atoms with Crippen molar-refractivity contribution >= 4 is 33.4 Å². The van der Waals surface area contributed by atoms with Crippen molar-refractivity contribution < 1.29 is 14.6 Å². The van der Waals surface area contributed by atoms with E-state index in [0.717, 1.165) is 0 Å². The second kappa shape index (κ2) is 8.40. The van der Waals surface area contributed by atoms with E-state index in [-0.39, 0.29) is 18.6 Å². The first-order valence-corrected chi connectivity index (χ1v) is 7.22. The van der Waals surface area contributed by atoms with Gasteiger partial charge in [-0.2, -0.15) is 0 Å². The lowest BCUT2D eigenvalue weighted by molar-refractivity contribution is -0.123. The fraction of sp³-hybridized carbons (Fsp3) is 0.462. The summed E-state index contributed by atoms with van der Waals surface area (Å²) in [7, 11) is 0. The number of benzene rings is 1. The minimum absolute atomic E-state index is 0.0670. The molecule has 106 valence electrons. The molecular formula is C13H17BrClNO3. The molecule has 1 atom stereocenters. The molecule has 1 rings (SSSR count). The van der Waals surface area contributed by atoms with Crippen LogP contribution >= 0.6 is 27.5 Å². The van der Waals surface area contributed by atoms with Gasteiger partial charge in [-0.15, -0.1) is 0 Å². The summed E-state index contributed by atoms with van der Waals surface area (Å²) < 4.78 is 6.06. The highest BCUT2D eigenvalue weighted by atomic mass is 79.9. The van der Waals surface area contributed by atoms with Gasteiger partial charge in [0.05, 0.1) is 10.6 Å². The molecule has 0 spiro atoms. The van der Waals surface area contributed by atoms with Gasteiger partial charge in [0, 0.05) is 11.6 Å². The molecule has 0 radical (unpaired) electrons. The zero-order valence-electron chi connectivity index (χ0n) is 10.7. The average molecular weight is 351 g/mol. The molecule has 0 fully saturated rings. The van der Waals surface area contributed by atoms with Crippen LogP contribution in [0.1, 0.15) is 19.8 Å². The molecule has 1 aromatic rings. The van der Waals surface area contributed by atoms with Gasteiger partial charge in [0.25, 0.3) is 5.91 Å². The predicted octanol–water partition coefficient (Wildman–Crippen LogP) is 2.76. The minimum atomic E-state index is -0.369. The van der Waals surface area contributed by atoms with E-state index >= 15 is 0 Å². The second-order valence-electron chi connectivity index (χ2n) is 4.06. The van der Waals surface area contributed by atoms with E-state index in [2.05, 4.69) is 21.2 Å². The predicted molar refractivity (Wildman–Crippen MR) is 78.6 cm³/mol. The Morgan fingerprint density at radius 1 is 1.58 bits per heavy atom. The molecule has 0 aliphatic heterocycles. The fourth-order valence-electron chi connectivity index (χ4n) is 1.37. The summed E-state index contributed by atoms with van der Waals surface area (Å²) in [5.41, 5.74) is 0. The molecule has 0 saturated carbocycles. The number of halogens is 2. The Balaban J connectivity index is 2.30. The van der Waals surface area contributed by atoms with Crippen molar-refractivity contribution in [3.63, 3.8) is 0 Å². The number of hydrogen-bond acceptors (Lipinski definition) is 3.